The summed E-state index contributed by atoms with van der Waals surface area (Å²) < 4.78 is 29.0. The zero-order valence-corrected chi connectivity index (χ0v) is 13.5. The van der Waals surface area contributed by atoms with Gasteiger partial charge < -0.3 is 10.3 Å². The fraction of sp³-hybridized carbons (Fsp3) is 0.733. The van der Waals surface area contributed by atoms with Crippen LogP contribution in [0.2, 0.25) is 0 Å². The van der Waals surface area contributed by atoms with Gasteiger partial charge in [0.25, 0.3) is 0 Å². The molecule has 0 aliphatic heterocycles. The average molecular weight is 311 g/mol. The molecule has 1 aromatic rings. The Hall–Kier alpha value is -0.850. The maximum atomic E-state index is 12.7. The standard InChI is InChI=1S/C15H25N3O2S/c1-17(10-12-4-2-3-5-12)21(19,20)15-8-14(9-16)18(11-15)13-6-7-13/h8,11-13H,2-7,9-10,16H2,1H3. The van der Waals surface area contributed by atoms with Crippen molar-refractivity contribution in [2.75, 3.05) is 13.6 Å². The molecule has 0 unspecified atom stereocenters. The fourth-order valence-electron chi connectivity index (χ4n) is 3.33. The van der Waals surface area contributed by atoms with E-state index in [4.69, 9.17) is 5.73 Å². The van der Waals surface area contributed by atoms with Crippen LogP contribution in [0.4, 0.5) is 0 Å². The van der Waals surface area contributed by atoms with Crippen LogP contribution >= 0.6 is 0 Å². The predicted octanol–water partition coefficient (Wildman–Crippen LogP) is 2.09. The lowest BCUT2D eigenvalue weighted by Crippen LogP contribution is -2.31. The zero-order valence-electron chi connectivity index (χ0n) is 12.7. The second-order valence-corrected chi connectivity index (χ2v) is 8.49. The molecule has 5 nitrogen and oxygen atoms in total. The number of aromatic nitrogens is 1. The smallest absolute Gasteiger partial charge is 0.244 e. The Morgan fingerprint density at radius 1 is 1.29 bits per heavy atom. The van der Waals surface area contributed by atoms with Crippen LogP contribution < -0.4 is 5.73 Å². The maximum absolute atomic E-state index is 12.7. The van der Waals surface area contributed by atoms with Gasteiger partial charge in [-0.05, 0) is 37.7 Å². The highest BCUT2D eigenvalue weighted by atomic mass is 32.2. The highest BCUT2D eigenvalue weighted by Crippen LogP contribution is 2.37. The van der Waals surface area contributed by atoms with Crippen LogP contribution in [0.5, 0.6) is 0 Å². The number of hydrogen-bond acceptors (Lipinski definition) is 3. The van der Waals surface area contributed by atoms with Crippen molar-refractivity contribution < 1.29 is 8.42 Å². The summed E-state index contributed by atoms with van der Waals surface area (Å²) in [5.74, 6) is 0.518. The number of rotatable bonds is 6. The Bertz CT molecular complexity index is 598. The molecule has 2 fully saturated rings. The molecule has 0 bridgehead atoms. The van der Waals surface area contributed by atoms with E-state index in [0.29, 0.717) is 29.9 Å². The molecule has 3 rings (SSSR count). The van der Waals surface area contributed by atoms with Crippen LogP contribution in [0.15, 0.2) is 17.2 Å². The first-order valence-electron chi connectivity index (χ1n) is 7.89. The molecule has 0 atom stereocenters. The molecule has 118 valence electrons. The van der Waals surface area contributed by atoms with Crippen molar-refractivity contribution in [3.63, 3.8) is 0 Å². The van der Waals surface area contributed by atoms with Gasteiger partial charge in [0, 0.05) is 38.1 Å². The lowest BCUT2D eigenvalue weighted by molar-refractivity contribution is 0.387. The quantitative estimate of drug-likeness (QED) is 0.874. The van der Waals surface area contributed by atoms with Crippen molar-refractivity contribution in [3.8, 4) is 0 Å². The SMILES string of the molecule is CN(CC1CCCC1)S(=O)(=O)c1cc(CN)n(C2CC2)c1. The van der Waals surface area contributed by atoms with Gasteiger partial charge in [-0.2, -0.15) is 0 Å². The van der Waals surface area contributed by atoms with Gasteiger partial charge in [-0.1, -0.05) is 12.8 Å². The Labute approximate surface area is 127 Å². The van der Waals surface area contributed by atoms with E-state index in [1.165, 1.54) is 17.1 Å². The van der Waals surface area contributed by atoms with Crippen molar-refractivity contribution in [2.45, 2.75) is 56.0 Å². The summed E-state index contributed by atoms with van der Waals surface area (Å²) in [5, 5.41) is 0. The molecule has 2 saturated carbocycles. The Kier molecular flexibility index (Phi) is 4.12. The highest BCUT2D eigenvalue weighted by molar-refractivity contribution is 7.89. The summed E-state index contributed by atoms with van der Waals surface area (Å²) in [4.78, 5) is 0.398. The first-order valence-corrected chi connectivity index (χ1v) is 9.33. The molecular weight excluding hydrogens is 286 g/mol. The summed E-state index contributed by atoms with van der Waals surface area (Å²) >= 11 is 0. The Morgan fingerprint density at radius 2 is 1.95 bits per heavy atom. The van der Waals surface area contributed by atoms with Gasteiger partial charge in [-0.3, -0.25) is 0 Å². The molecule has 2 aliphatic carbocycles. The third-order valence-electron chi connectivity index (χ3n) is 4.75. The number of sulfonamides is 1. The van der Waals surface area contributed by atoms with Crippen LogP contribution in [0.3, 0.4) is 0 Å². The molecule has 6 heteroatoms. The normalized spacial score (nSPS) is 20.5. The minimum Gasteiger partial charge on any atom is -0.346 e. The first-order chi connectivity index (χ1) is 10.0. The van der Waals surface area contributed by atoms with Crippen LogP contribution in [0, 0.1) is 5.92 Å². The summed E-state index contributed by atoms with van der Waals surface area (Å²) in [6.45, 7) is 1.02. The second kappa shape index (κ2) is 5.74. The Morgan fingerprint density at radius 3 is 2.52 bits per heavy atom. The Balaban J connectivity index is 1.79. The number of nitrogens with zero attached hydrogens (tertiary/aromatic N) is 2. The van der Waals surface area contributed by atoms with Gasteiger partial charge in [0.05, 0.1) is 0 Å². The van der Waals surface area contributed by atoms with Crippen molar-refractivity contribution >= 4 is 10.0 Å². The van der Waals surface area contributed by atoms with E-state index in [9.17, 15) is 8.42 Å². The summed E-state index contributed by atoms with van der Waals surface area (Å²) in [6, 6.07) is 2.20. The molecule has 21 heavy (non-hydrogen) atoms. The number of nitrogens with two attached hydrogens (primary N) is 1. The van der Waals surface area contributed by atoms with Gasteiger partial charge in [-0.25, -0.2) is 12.7 Å². The van der Waals surface area contributed by atoms with Gasteiger partial charge in [-0.15, -0.1) is 0 Å². The molecule has 2 N–H and O–H groups in total. The topological polar surface area (TPSA) is 68.3 Å². The highest BCUT2D eigenvalue weighted by Gasteiger charge is 2.30. The lowest BCUT2D eigenvalue weighted by Gasteiger charge is -2.20. The first kappa shape index (κ1) is 15.1. The van der Waals surface area contributed by atoms with Crippen LogP contribution in [-0.4, -0.2) is 30.9 Å². The second-order valence-electron chi connectivity index (χ2n) is 6.45. The molecular formula is C15H25N3O2S. The molecule has 0 saturated heterocycles. The third kappa shape index (κ3) is 3.03. The van der Waals surface area contributed by atoms with Crippen LogP contribution in [-0.2, 0) is 16.6 Å². The van der Waals surface area contributed by atoms with Crippen molar-refractivity contribution in [1.82, 2.24) is 8.87 Å². The minimum absolute atomic E-state index is 0.387. The van der Waals surface area contributed by atoms with E-state index >= 15 is 0 Å². The van der Waals surface area contributed by atoms with E-state index in [-0.39, 0.29) is 0 Å². The van der Waals surface area contributed by atoms with Crippen molar-refractivity contribution in [1.29, 1.82) is 0 Å². The van der Waals surface area contributed by atoms with Crippen molar-refractivity contribution in [3.05, 3.63) is 18.0 Å². The zero-order chi connectivity index (χ0) is 15.0. The van der Waals surface area contributed by atoms with E-state index in [1.807, 2.05) is 0 Å². The fourth-order valence-corrected chi connectivity index (χ4v) is 4.63. The largest absolute Gasteiger partial charge is 0.346 e. The van der Waals surface area contributed by atoms with Crippen LogP contribution in [0.1, 0.15) is 50.3 Å². The van der Waals surface area contributed by atoms with Crippen molar-refractivity contribution in [2.24, 2.45) is 11.7 Å². The molecule has 1 aromatic heterocycles. The predicted molar refractivity (Wildman–Crippen MR) is 82.4 cm³/mol. The molecule has 0 aromatic carbocycles. The molecule has 0 radical (unpaired) electrons. The average Bonchev–Trinajstić information content (AvgIpc) is 3.00. The minimum atomic E-state index is -3.39. The van der Waals surface area contributed by atoms with Gasteiger partial charge in [0.15, 0.2) is 0 Å². The van der Waals surface area contributed by atoms with E-state index in [1.54, 1.807) is 19.3 Å². The van der Waals surface area contributed by atoms with E-state index in [2.05, 4.69) is 4.57 Å². The van der Waals surface area contributed by atoms with E-state index < -0.39 is 10.0 Å². The van der Waals surface area contributed by atoms with Crippen LogP contribution in [0.25, 0.3) is 0 Å². The monoisotopic (exact) mass is 311 g/mol. The van der Waals surface area contributed by atoms with E-state index in [0.717, 1.165) is 31.4 Å². The molecule has 1 heterocycles. The molecule has 0 amide bonds. The lowest BCUT2D eigenvalue weighted by atomic mass is 10.1. The summed E-state index contributed by atoms with van der Waals surface area (Å²) in [7, 11) is -1.69. The summed E-state index contributed by atoms with van der Waals surface area (Å²) in [6.07, 6.45) is 8.79. The molecule has 0 spiro atoms. The third-order valence-corrected chi connectivity index (χ3v) is 6.54. The maximum Gasteiger partial charge on any atom is 0.244 e. The summed E-state index contributed by atoms with van der Waals surface area (Å²) in [5.41, 5.74) is 6.67. The number of hydrogen-bond donors (Lipinski definition) is 1. The van der Waals surface area contributed by atoms with Gasteiger partial charge >= 0.3 is 0 Å². The molecule has 2 aliphatic rings. The van der Waals surface area contributed by atoms with Gasteiger partial charge in [0.1, 0.15) is 4.90 Å². The van der Waals surface area contributed by atoms with Gasteiger partial charge in [0.2, 0.25) is 10.0 Å².